The van der Waals surface area contributed by atoms with Gasteiger partial charge in [-0.1, -0.05) is 41.4 Å². The zero-order valence-electron chi connectivity index (χ0n) is 13.5. The molecule has 5 heteroatoms. The normalized spacial score (nSPS) is 11.0. The number of hydrogen-bond acceptors (Lipinski definition) is 2. The highest BCUT2D eigenvalue weighted by molar-refractivity contribution is 14.1. The van der Waals surface area contributed by atoms with Gasteiger partial charge in [-0.3, -0.25) is 0 Å². The second-order valence-electron chi connectivity index (χ2n) is 5.62. The summed E-state index contributed by atoms with van der Waals surface area (Å²) in [5, 5.41) is 1.63. The van der Waals surface area contributed by atoms with Gasteiger partial charge in [-0.15, -0.1) is 0 Å². The third kappa shape index (κ3) is 3.30. The van der Waals surface area contributed by atoms with Crippen LogP contribution in [0.15, 0.2) is 42.5 Å². The van der Waals surface area contributed by atoms with Gasteiger partial charge in [0.25, 0.3) is 0 Å². The SMILES string of the molecule is CCOC(=O)c1c(I)c2cc(Cl)ccc2n1Cc1ccc(C)cc1. The first-order chi connectivity index (χ1) is 11.5. The number of hydrogen-bond donors (Lipinski definition) is 0. The molecule has 2 aromatic carbocycles. The molecule has 1 aromatic heterocycles. The molecule has 0 unspecified atom stereocenters. The summed E-state index contributed by atoms with van der Waals surface area (Å²) in [4.78, 5) is 12.5. The number of aryl methyl sites for hydroxylation is 1. The summed E-state index contributed by atoms with van der Waals surface area (Å²) >= 11 is 8.34. The van der Waals surface area contributed by atoms with E-state index < -0.39 is 0 Å². The third-order valence-corrected chi connectivity index (χ3v) is 5.22. The van der Waals surface area contributed by atoms with Crippen molar-refractivity contribution in [2.75, 3.05) is 6.61 Å². The number of carbonyl (C=O) groups excluding carboxylic acids is 1. The van der Waals surface area contributed by atoms with E-state index in [1.54, 1.807) is 0 Å². The van der Waals surface area contributed by atoms with Gasteiger partial charge in [0.15, 0.2) is 0 Å². The lowest BCUT2D eigenvalue weighted by Crippen LogP contribution is -2.14. The van der Waals surface area contributed by atoms with Gasteiger partial charge < -0.3 is 9.30 Å². The maximum absolute atomic E-state index is 12.5. The minimum atomic E-state index is -0.304. The van der Waals surface area contributed by atoms with Crippen molar-refractivity contribution in [3.8, 4) is 0 Å². The van der Waals surface area contributed by atoms with Gasteiger partial charge in [0.05, 0.1) is 15.7 Å². The molecule has 0 aliphatic rings. The van der Waals surface area contributed by atoms with Crippen molar-refractivity contribution in [3.63, 3.8) is 0 Å². The lowest BCUT2D eigenvalue weighted by atomic mass is 10.1. The first kappa shape index (κ1) is 17.3. The molecule has 0 bridgehead atoms. The Hall–Kier alpha value is -1.53. The summed E-state index contributed by atoms with van der Waals surface area (Å²) in [6.07, 6.45) is 0. The molecule has 0 spiro atoms. The minimum Gasteiger partial charge on any atom is -0.461 e. The fraction of sp³-hybridized carbons (Fsp3) is 0.211. The van der Waals surface area contributed by atoms with E-state index >= 15 is 0 Å². The molecule has 3 nitrogen and oxygen atoms in total. The van der Waals surface area contributed by atoms with Crippen LogP contribution in [-0.2, 0) is 11.3 Å². The number of esters is 1. The van der Waals surface area contributed by atoms with Crippen molar-refractivity contribution in [3.05, 3.63) is 67.9 Å². The first-order valence-electron chi connectivity index (χ1n) is 7.71. The Bertz CT molecular complexity index is 900. The zero-order chi connectivity index (χ0) is 17.3. The van der Waals surface area contributed by atoms with Crippen molar-refractivity contribution >= 4 is 51.1 Å². The predicted octanol–water partition coefficient (Wildman–Crippen LogP) is 5.43. The molecule has 0 saturated carbocycles. The highest BCUT2D eigenvalue weighted by atomic mass is 127. The topological polar surface area (TPSA) is 31.2 Å². The van der Waals surface area contributed by atoms with Gasteiger partial charge in [0.1, 0.15) is 5.69 Å². The molecule has 0 atom stereocenters. The van der Waals surface area contributed by atoms with Gasteiger partial charge in [0, 0.05) is 17.0 Å². The number of halogens is 2. The van der Waals surface area contributed by atoms with E-state index in [9.17, 15) is 4.79 Å². The van der Waals surface area contributed by atoms with Gasteiger partial charge in [-0.2, -0.15) is 0 Å². The van der Waals surface area contributed by atoms with E-state index in [-0.39, 0.29) is 5.97 Å². The molecule has 24 heavy (non-hydrogen) atoms. The smallest absolute Gasteiger partial charge is 0.356 e. The average Bonchev–Trinajstić information content (AvgIpc) is 2.82. The Morgan fingerprint density at radius 1 is 1.21 bits per heavy atom. The molecule has 1 heterocycles. The fourth-order valence-electron chi connectivity index (χ4n) is 2.73. The van der Waals surface area contributed by atoms with Crippen LogP contribution in [0.4, 0.5) is 0 Å². The number of aromatic nitrogens is 1. The summed E-state index contributed by atoms with van der Waals surface area (Å²) in [7, 11) is 0. The van der Waals surface area contributed by atoms with Crippen molar-refractivity contribution in [1.29, 1.82) is 0 Å². The van der Waals surface area contributed by atoms with Crippen molar-refractivity contribution < 1.29 is 9.53 Å². The summed E-state index contributed by atoms with van der Waals surface area (Å²) in [6, 6.07) is 14.0. The number of nitrogens with zero attached hydrogens (tertiary/aromatic N) is 1. The second kappa shape index (κ2) is 7.15. The van der Waals surface area contributed by atoms with Crippen molar-refractivity contribution in [2.45, 2.75) is 20.4 Å². The maximum atomic E-state index is 12.5. The largest absolute Gasteiger partial charge is 0.461 e. The Labute approximate surface area is 159 Å². The van der Waals surface area contributed by atoms with Crippen LogP contribution < -0.4 is 0 Å². The van der Waals surface area contributed by atoms with Gasteiger partial charge >= 0.3 is 5.97 Å². The molecule has 0 N–H and O–H groups in total. The van der Waals surface area contributed by atoms with E-state index in [1.807, 2.05) is 29.7 Å². The van der Waals surface area contributed by atoms with Crippen molar-refractivity contribution in [2.24, 2.45) is 0 Å². The molecule has 0 fully saturated rings. The predicted molar refractivity (Wildman–Crippen MR) is 106 cm³/mol. The monoisotopic (exact) mass is 453 g/mol. The maximum Gasteiger partial charge on any atom is 0.356 e. The van der Waals surface area contributed by atoms with Crippen LogP contribution in [0.2, 0.25) is 5.02 Å². The molecular weight excluding hydrogens is 437 g/mol. The number of fused-ring (bicyclic) bond motifs is 1. The molecule has 0 saturated heterocycles. The summed E-state index contributed by atoms with van der Waals surface area (Å²) < 4.78 is 8.15. The Morgan fingerprint density at radius 3 is 2.58 bits per heavy atom. The van der Waals surface area contributed by atoms with Crippen LogP contribution in [0.25, 0.3) is 10.9 Å². The Kier molecular flexibility index (Phi) is 5.15. The highest BCUT2D eigenvalue weighted by Gasteiger charge is 2.22. The average molecular weight is 454 g/mol. The number of ether oxygens (including phenoxy) is 1. The molecular formula is C19H17ClINO2. The quantitative estimate of drug-likeness (QED) is 0.389. The number of carbonyl (C=O) groups is 1. The van der Waals surface area contributed by atoms with Gasteiger partial charge in [-0.25, -0.2) is 4.79 Å². The zero-order valence-corrected chi connectivity index (χ0v) is 16.4. The summed E-state index contributed by atoms with van der Waals surface area (Å²) in [5.74, 6) is -0.304. The molecule has 124 valence electrons. The van der Waals surface area contributed by atoms with E-state index in [0.29, 0.717) is 23.9 Å². The van der Waals surface area contributed by atoms with Crippen LogP contribution in [0.1, 0.15) is 28.5 Å². The molecule has 0 amide bonds. The van der Waals surface area contributed by atoms with Crippen LogP contribution in [-0.4, -0.2) is 17.1 Å². The number of rotatable bonds is 4. The van der Waals surface area contributed by atoms with E-state index in [2.05, 4.69) is 53.8 Å². The van der Waals surface area contributed by atoms with E-state index in [0.717, 1.165) is 20.0 Å². The summed E-state index contributed by atoms with van der Waals surface area (Å²) in [6.45, 7) is 4.83. The standard InChI is InChI=1S/C19H17ClINO2/c1-3-24-19(23)18-17(21)15-10-14(20)8-9-16(15)22(18)11-13-6-4-12(2)5-7-13/h4-10H,3,11H2,1-2H3. The Balaban J connectivity index is 2.17. The van der Waals surface area contributed by atoms with Crippen molar-refractivity contribution in [1.82, 2.24) is 4.57 Å². The minimum absolute atomic E-state index is 0.304. The summed E-state index contributed by atoms with van der Waals surface area (Å²) in [5.41, 5.74) is 3.90. The number of benzene rings is 2. The molecule has 0 aliphatic heterocycles. The molecule has 3 aromatic rings. The first-order valence-corrected chi connectivity index (χ1v) is 9.17. The van der Waals surface area contributed by atoms with Gasteiger partial charge in [-0.05, 0) is 60.2 Å². The van der Waals surface area contributed by atoms with Crippen LogP contribution in [0.5, 0.6) is 0 Å². The van der Waals surface area contributed by atoms with Crippen LogP contribution in [0, 0.1) is 10.5 Å². The molecule has 3 rings (SSSR count). The van der Waals surface area contributed by atoms with E-state index in [1.165, 1.54) is 5.56 Å². The highest BCUT2D eigenvalue weighted by Crippen LogP contribution is 2.31. The molecule has 0 radical (unpaired) electrons. The fourth-order valence-corrected chi connectivity index (χ4v) is 3.84. The molecule has 0 aliphatic carbocycles. The van der Waals surface area contributed by atoms with Crippen LogP contribution in [0.3, 0.4) is 0 Å². The lowest BCUT2D eigenvalue weighted by Gasteiger charge is -2.11. The lowest BCUT2D eigenvalue weighted by molar-refractivity contribution is 0.0513. The van der Waals surface area contributed by atoms with Gasteiger partial charge in [0.2, 0.25) is 0 Å². The van der Waals surface area contributed by atoms with E-state index in [4.69, 9.17) is 16.3 Å². The Morgan fingerprint density at radius 2 is 1.92 bits per heavy atom. The second-order valence-corrected chi connectivity index (χ2v) is 7.13. The third-order valence-electron chi connectivity index (χ3n) is 3.89. The van der Waals surface area contributed by atoms with Crippen LogP contribution >= 0.6 is 34.2 Å².